The maximum atomic E-state index is 14.6. The van der Waals surface area contributed by atoms with Crippen molar-refractivity contribution in [2.24, 2.45) is 35.5 Å². The third kappa shape index (κ3) is 17.5. The second-order valence-electron chi connectivity index (χ2n) is 23.1. The largest absolute Gasteiger partial charge is 0.460 e. The van der Waals surface area contributed by atoms with Crippen LogP contribution in [-0.2, 0) is 47.7 Å². The highest BCUT2D eigenvalue weighted by molar-refractivity contribution is 6.39. The van der Waals surface area contributed by atoms with Gasteiger partial charge in [0.2, 0.25) is 5.79 Å². The first-order valence-electron chi connectivity index (χ1n) is 28.3. The van der Waals surface area contributed by atoms with Crippen molar-refractivity contribution < 1.29 is 57.9 Å². The molecule has 0 spiro atoms. The summed E-state index contributed by atoms with van der Waals surface area (Å²) in [6.07, 6.45) is 14.3. The van der Waals surface area contributed by atoms with E-state index in [4.69, 9.17) is 23.7 Å². The van der Waals surface area contributed by atoms with E-state index >= 15 is 0 Å². The standard InChI is InChI=1S/C59H96N4O12/c1-38-18-13-12-14-19-39(2)50(71-9)36-46-23-21-44(7)59(70,75-46)56(67)57(68)63-27-16-15-20-48(63)58(69)74-51(37-49(64)40(3)33-43(6)54(66)55(73-11)53(65)42(5)32-38)41(4)34-45-22-24-47(52(35-45)72-10)60-25-17-26-62-30-28-61(8)29-31-62/h12-14,18-19,33,38,40-42,44-48,50-52,54-55,60,66,70H,15-17,20-32,34-37H2,1-11H3/b14-12+,18-13+,39-19+,43-33+/t38-,40-,41-,42-,44-,45+,46+,47-,48+,50+,51+,52-,54-,55+,59?/m1/s1. The van der Waals surface area contributed by atoms with Gasteiger partial charge in [-0.15, -0.1) is 0 Å². The number of esters is 1. The normalized spacial score (nSPS) is 38.4. The minimum atomic E-state index is -2.42. The Kier molecular flexibility index (Phi) is 25.0. The molecule has 5 rings (SSSR count). The first kappa shape index (κ1) is 62.4. The molecule has 3 N–H and O–H groups in total. The first-order chi connectivity index (χ1) is 35.7. The number of hydrogen-bond donors (Lipinski definition) is 3. The van der Waals surface area contributed by atoms with Crippen LogP contribution in [0.25, 0.3) is 0 Å². The number of carbonyl (C=O) groups excluding carboxylic acids is 5. The van der Waals surface area contributed by atoms with Crippen LogP contribution in [0.3, 0.4) is 0 Å². The number of Topliss-reactive ketones (excluding diaryl/α,β-unsaturated/α-hetero) is 3. The van der Waals surface area contributed by atoms with Gasteiger partial charge in [0.15, 0.2) is 5.78 Å². The molecule has 1 aliphatic carbocycles. The van der Waals surface area contributed by atoms with Crippen LogP contribution >= 0.6 is 0 Å². The maximum absolute atomic E-state index is 14.6. The first-order valence-corrected chi connectivity index (χ1v) is 28.3. The minimum Gasteiger partial charge on any atom is -0.460 e. The number of piperidine rings is 1. The lowest BCUT2D eigenvalue weighted by atomic mass is 9.77. The van der Waals surface area contributed by atoms with E-state index < -0.39 is 77.8 Å². The molecule has 75 heavy (non-hydrogen) atoms. The number of hydrogen-bond acceptors (Lipinski definition) is 15. The number of piperazine rings is 1. The van der Waals surface area contributed by atoms with Crippen LogP contribution in [0.1, 0.15) is 132 Å². The fourth-order valence-corrected chi connectivity index (χ4v) is 12.0. The van der Waals surface area contributed by atoms with Crippen molar-refractivity contribution in [3.63, 3.8) is 0 Å². The lowest BCUT2D eigenvalue weighted by Crippen LogP contribution is -2.61. The van der Waals surface area contributed by atoms with Gasteiger partial charge in [0.1, 0.15) is 30.1 Å². The number of aliphatic hydroxyl groups is 2. The van der Waals surface area contributed by atoms with E-state index in [1.54, 1.807) is 41.1 Å². The molecule has 4 fully saturated rings. The smallest absolute Gasteiger partial charge is 0.329 e. The summed E-state index contributed by atoms with van der Waals surface area (Å²) in [7, 11) is 6.91. The van der Waals surface area contributed by atoms with Gasteiger partial charge >= 0.3 is 5.97 Å². The van der Waals surface area contributed by atoms with Crippen LogP contribution in [-0.4, -0.2) is 183 Å². The monoisotopic (exact) mass is 1050 g/mol. The van der Waals surface area contributed by atoms with Gasteiger partial charge in [-0.3, -0.25) is 19.2 Å². The quantitative estimate of drug-likeness (QED) is 0.0889. The number of amides is 1. The molecule has 16 heteroatoms. The van der Waals surface area contributed by atoms with Crippen molar-refractivity contribution in [1.29, 1.82) is 0 Å². The summed E-state index contributed by atoms with van der Waals surface area (Å²) in [5, 5.41) is 27.4. The molecule has 4 aliphatic heterocycles. The number of methoxy groups -OCH3 is 3. The molecular weight excluding hydrogens is 957 g/mol. The highest BCUT2D eigenvalue weighted by Crippen LogP contribution is 2.38. The Balaban J connectivity index is 1.40. The zero-order valence-electron chi connectivity index (χ0n) is 47.5. The third-order valence-corrected chi connectivity index (χ3v) is 17.2. The zero-order chi connectivity index (χ0) is 55.0. The third-order valence-electron chi connectivity index (χ3n) is 17.2. The number of allylic oxidation sites excluding steroid dienone is 6. The minimum absolute atomic E-state index is 0.0110. The van der Waals surface area contributed by atoms with Crippen molar-refractivity contribution in [1.82, 2.24) is 20.0 Å². The Hall–Kier alpha value is -3.45. The molecule has 5 aliphatic rings. The SMILES string of the molecule is CO[C@H]1C[C@@H]2CC[C@@H](C)C(O)(O2)C(=O)C(=O)N2CCCC[C@H]2C(=O)O[C@H]([C@H](C)C[C@@H]2CC[C@@H](NCCCN3CCN(C)CC3)[C@H](OC)C2)CC(=O)[C@H](C)/C=C(\C)[C@@H](O)[C@@H](OC)C(=O)[C@H](C)C[C@H](C)/C=C/C=C/C=C/1C. The van der Waals surface area contributed by atoms with Gasteiger partial charge in [0, 0.05) is 90.7 Å². The van der Waals surface area contributed by atoms with Crippen molar-refractivity contribution >= 4 is 29.2 Å². The van der Waals surface area contributed by atoms with Gasteiger partial charge in [-0.2, -0.15) is 0 Å². The van der Waals surface area contributed by atoms with Crippen LogP contribution in [0.4, 0.5) is 0 Å². The Morgan fingerprint density at radius 1 is 0.840 bits per heavy atom. The molecule has 0 radical (unpaired) electrons. The summed E-state index contributed by atoms with van der Waals surface area (Å²) >= 11 is 0. The molecule has 15 atom stereocenters. The molecule has 2 bridgehead atoms. The summed E-state index contributed by atoms with van der Waals surface area (Å²) in [6.45, 7) is 19.3. The second kappa shape index (κ2) is 30.1. The summed E-state index contributed by atoms with van der Waals surface area (Å²) in [4.78, 5) is 77.7. The number of ether oxygens (including phenoxy) is 5. The number of nitrogens with one attached hydrogen (secondary N) is 1. The van der Waals surface area contributed by atoms with Gasteiger partial charge in [-0.1, -0.05) is 71.1 Å². The lowest BCUT2D eigenvalue weighted by Gasteiger charge is -2.42. The average Bonchev–Trinajstić information content (AvgIpc) is 3.39. The molecule has 16 nitrogen and oxygen atoms in total. The fraction of sp³-hybridized carbons (Fsp3) is 0.780. The second-order valence-corrected chi connectivity index (χ2v) is 23.1. The number of fused-ring (bicyclic) bond motifs is 3. The Labute approximate surface area is 449 Å². The topological polar surface area (TPSA) is 194 Å². The zero-order valence-corrected chi connectivity index (χ0v) is 47.5. The van der Waals surface area contributed by atoms with E-state index in [2.05, 4.69) is 22.2 Å². The van der Waals surface area contributed by atoms with Gasteiger partial charge in [-0.05, 0) is 134 Å². The molecular formula is C59H96N4O12. The van der Waals surface area contributed by atoms with Gasteiger partial charge in [-0.25, -0.2) is 4.79 Å². The molecule has 0 aromatic heterocycles. The maximum Gasteiger partial charge on any atom is 0.329 e. The van der Waals surface area contributed by atoms with Crippen molar-refractivity contribution in [3.8, 4) is 0 Å². The summed E-state index contributed by atoms with van der Waals surface area (Å²) in [5.74, 6) is -7.63. The van der Waals surface area contributed by atoms with E-state index in [1.807, 2.05) is 58.1 Å². The molecule has 3 saturated heterocycles. The van der Waals surface area contributed by atoms with Crippen LogP contribution in [0.2, 0.25) is 0 Å². The summed E-state index contributed by atoms with van der Waals surface area (Å²) in [5.41, 5.74) is 1.30. The average molecular weight is 1050 g/mol. The van der Waals surface area contributed by atoms with E-state index in [1.165, 1.54) is 12.0 Å². The van der Waals surface area contributed by atoms with Crippen molar-refractivity contribution in [2.75, 3.05) is 74.2 Å². The molecule has 1 unspecified atom stereocenters. The number of rotatable bonds is 11. The Bertz CT molecular complexity index is 2000. The molecule has 424 valence electrons. The molecule has 1 amide bonds. The molecule has 4 heterocycles. The molecule has 1 saturated carbocycles. The lowest BCUT2D eigenvalue weighted by molar-refractivity contribution is -0.265. The highest BCUT2D eigenvalue weighted by atomic mass is 16.6. The predicted octanol–water partition coefficient (Wildman–Crippen LogP) is 6.42. The Morgan fingerprint density at radius 2 is 1.57 bits per heavy atom. The van der Waals surface area contributed by atoms with Crippen LogP contribution in [0.5, 0.6) is 0 Å². The van der Waals surface area contributed by atoms with Gasteiger partial charge < -0.3 is 53.9 Å². The van der Waals surface area contributed by atoms with E-state index in [9.17, 15) is 34.2 Å². The summed E-state index contributed by atoms with van der Waals surface area (Å²) < 4.78 is 30.2. The van der Waals surface area contributed by atoms with Crippen LogP contribution < -0.4 is 5.32 Å². The predicted molar refractivity (Wildman–Crippen MR) is 289 cm³/mol. The number of aliphatic hydroxyl groups excluding tert-OH is 1. The number of cyclic esters (lactones) is 1. The molecule has 0 aromatic carbocycles. The van der Waals surface area contributed by atoms with Crippen LogP contribution in [0.15, 0.2) is 47.6 Å². The summed E-state index contributed by atoms with van der Waals surface area (Å²) in [6, 6.07) is -0.913. The van der Waals surface area contributed by atoms with Gasteiger partial charge in [0.05, 0.1) is 18.3 Å². The number of nitrogens with zero attached hydrogens (tertiary/aromatic N) is 3. The van der Waals surface area contributed by atoms with Crippen LogP contribution in [0, 0.1) is 35.5 Å². The fourth-order valence-electron chi connectivity index (χ4n) is 12.0. The van der Waals surface area contributed by atoms with Gasteiger partial charge in [0.25, 0.3) is 11.7 Å². The number of ketones is 3. The number of likely N-dealkylation sites (N-methyl/N-ethyl adjacent to an activating group) is 1. The van der Waals surface area contributed by atoms with Crippen molar-refractivity contribution in [3.05, 3.63) is 47.6 Å². The Morgan fingerprint density at radius 3 is 2.27 bits per heavy atom. The van der Waals surface area contributed by atoms with Crippen molar-refractivity contribution in [2.45, 2.75) is 186 Å². The van der Waals surface area contributed by atoms with E-state index in [-0.39, 0.29) is 60.9 Å². The number of carbonyl (C=O) groups is 5. The van der Waals surface area contributed by atoms with E-state index in [0.29, 0.717) is 50.5 Å². The van der Waals surface area contributed by atoms with E-state index in [0.717, 1.165) is 70.5 Å². The highest BCUT2D eigenvalue weighted by Gasteiger charge is 2.53. The molecule has 0 aromatic rings.